The first kappa shape index (κ1) is 13.7. The fraction of sp³-hybridized carbons (Fsp3) is 0.571. The molecule has 1 fully saturated rings. The Morgan fingerprint density at radius 1 is 1.44 bits per heavy atom. The van der Waals surface area contributed by atoms with Crippen LogP contribution in [0.1, 0.15) is 30.4 Å². The minimum atomic E-state index is 0.275. The molecule has 100 valence electrons. The largest absolute Gasteiger partial charge is 0.496 e. The van der Waals surface area contributed by atoms with Crippen LogP contribution in [-0.4, -0.2) is 19.2 Å². The molecule has 0 spiro atoms. The number of hydrogen-bond acceptors (Lipinski definition) is 3. The van der Waals surface area contributed by atoms with Gasteiger partial charge in [0, 0.05) is 29.2 Å². The van der Waals surface area contributed by atoms with Crippen LogP contribution in [0, 0.1) is 6.92 Å². The predicted molar refractivity (Wildman–Crippen MR) is 75.2 cm³/mol. The Balaban J connectivity index is 2.06. The van der Waals surface area contributed by atoms with Crippen molar-refractivity contribution >= 4 is 11.6 Å². The molecule has 0 saturated heterocycles. The lowest BCUT2D eigenvalue weighted by atomic mass is 10.1. The third kappa shape index (κ3) is 2.97. The molecule has 1 aliphatic carbocycles. The summed E-state index contributed by atoms with van der Waals surface area (Å²) in [5, 5.41) is 4.29. The molecule has 3 nitrogen and oxygen atoms in total. The van der Waals surface area contributed by atoms with E-state index in [1.807, 2.05) is 19.1 Å². The van der Waals surface area contributed by atoms with E-state index < -0.39 is 0 Å². The van der Waals surface area contributed by atoms with Crippen molar-refractivity contribution in [3.8, 4) is 5.75 Å². The van der Waals surface area contributed by atoms with E-state index in [4.69, 9.17) is 22.1 Å². The number of halogens is 1. The van der Waals surface area contributed by atoms with Gasteiger partial charge < -0.3 is 15.8 Å². The zero-order valence-electron chi connectivity index (χ0n) is 11.0. The van der Waals surface area contributed by atoms with Crippen LogP contribution in [0.5, 0.6) is 5.75 Å². The van der Waals surface area contributed by atoms with E-state index in [2.05, 4.69) is 5.32 Å². The van der Waals surface area contributed by atoms with Crippen molar-refractivity contribution in [2.45, 2.75) is 44.8 Å². The average Bonchev–Trinajstić information content (AvgIpc) is 2.76. The molecule has 4 heteroatoms. The predicted octanol–water partition coefficient (Wildman–Crippen LogP) is 2.63. The van der Waals surface area contributed by atoms with Crippen LogP contribution in [0.2, 0.25) is 5.02 Å². The van der Waals surface area contributed by atoms with Crippen LogP contribution in [0.3, 0.4) is 0 Å². The van der Waals surface area contributed by atoms with Crippen molar-refractivity contribution < 1.29 is 4.74 Å². The first-order valence-electron chi connectivity index (χ1n) is 6.44. The van der Waals surface area contributed by atoms with Gasteiger partial charge in [0.1, 0.15) is 5.75 Å². The summed E-state index contributed by atoms with van der Waals surface area (Å²) in [6.45, 7) is 2.73. The highest BCUT2D eigenvalue weighted by Crippen LogP contribution is 2.27. The number of nitrogens with one attached hydrogen (secondary N) is 1. The summed E-state index contributed by atoms with van der Waals surface area (Å²) in [7, 11) is 1.69. The lowest BCUT2D eigenvalue weighted by Crippen LogP contribution is -2.40. The molecule has 1 aliphatic rings. The monoisotopic (exact) mass is 268 g/mol. The molecule has 0 aliphatic heterocycles. The van der Waals surface area contributed by atoms with E-state index in [0.717, 1.165) is 41.3 Å². The van der Waals surface area contributed by atoms with Crippen molar-refractivity contribution in [1.82, 2.24) is 5.32 Å². The number of aryl methyl sites for hydroxylation is 1. The van der Waals surface area contributed by atoms with Gasteiger partial charge in [-0.05, 0) is 37.5 Å². The number of rotatable bonds is 4. The average molecular weight is 269 g/mol. The Morgan fingerprint density at radius 3 is 2.83 bits per heavy atom. The number of ether oxygens (including phenoxy) is 1. The summed E-state index contributed by atoms with van der Waals surface area (Å²) in [6.07, 6.45) is 3.48. The van der Waals surface area contributed by atoms with Crippen molar-refractivity contribution in [2.24, 2.45) is 5.73 Å². The van der Waals surface area contributed by atoms with Gasteiger partial charge in [0.25, 0.3) is 0 Å². The number of hydrogen-bond donors (Lipinski definition) is 2. The van der Waals surface area contributed by atoms with Gasteiger partial charge in [-0.15, -0.1) is 0 Å². The van der Waals surface area contributed by atoms with Crippen molar-refractivity contribution in [3.63, 3.8) is 0 Å². The Morgan fingerprint density at radius 2 is 2.22 bits per heavy atom. The SMILES string of the molecule is COc1cc(C)c(Cl)cc1CNC1CCCC1N. The molecule has 2 atom stereocenters. The molecule has 1 aromatic carbocycles. The minimum absolute atomic E-state index is 0.275. The second-order valence-electron chi connectivity index (χ2n) is 5.00. The number of methoxy groups -OCH3 is 1. The van der Waals surface area contributed by atoms with Gasteiger partial charge >= 0.3 is 0 Å². The smallest absolute Gasteiger partial charge is 0.123 e. The third-order valence-electron chi connectivity index (χ3n) is 3.69. The molecule has 0 amide bonds. The quantitative estimate of drug-likeness (QED) is 0.883. The minimum Gasteiger partial charge on any atom is -0.496 e. The summed E-state index contributed by atoms with van der Waals surface area (Å²) in [5.74, 6) is 0.885. The number of benzene rings is 1. The van der Waals surface area contributed by atoms with Gasteiger partial charge in [-0.25, -0.2) is 0 Å². The van der Waals surface area contributed by atoms with Crippen LogP contribution in [-0.2, 0) is 6.54 Å². The number of nitrogens with two attached hydrogens (primary N) is 1. The Kier molecular flexibility index (Phi) is 4.49. The summed E-state index contributed by atoms with van der Waals surface area (Å²) in [4.78, 5) is 0. The summed E-state index contributed by atoms with van der Waals surface area (Å²) in [6, 6.07) is 4.64. The molecule has 1 saturated carbocycles. The van der Waals surface area contributed by atoms with Crippen molar-refractivity contribution in [1.29, 1.82) is 0 Å². The van der Waals surface area contributed by atoms with Crippen LogP contribution >= 0.6 is 11.6 Å². The highest BCUT2D eigenvalue weighted by atomic mass is 35.5. The second kappa shape index (κ2) is 5.91. The van der Waals surface area contributed by atoms with Crippen molar-refractivity contribution in [2.75, 3.05) is 7.11 Å². The zero-order valence-corrected chi connectivity index (χ0v) is 11.8. The van der Waals surface area contributed by atoms with E-state index >= 15 is 0 Å². The molecule has 2 rings (SSSR count). The molecular weight excluding hydrogens is 248 g/mol. The van der Waals surface area contributed by atoms with Gasteiger partial charge in [-0.2, -0.15) is 0 Å². The first-order valence-corrected chi connectivity index (χ1v) is 6.81. The second-order valence-corrected chi connectivity index (χ2v) is 5.40. The van der Waals surface area contributed by atoms with E-state index in [1.165, 1.54) is 6.42 Å². The topological polar surface area (TPSA) is 47.3 Å². The Bertz CT molecular complexity index is 423. The zero-order chi connectivity index (χ0) is 13.1. The molecular formula is C14H21ClN2O. The van der Waals surface area contributed by atoms with Crippen LogP contribution in [0.15, 0.2) is 12.1 Å². The molecule has 0 heterocycles. The molecule has 0 aromatic heterocycles. The lowest BCUT2D eigenvalue weighted by molar-refractivity contribution is 0.402. The van der Waals surface area contributed by atoms with Crippen LogP contribution in [0.25, 0.3) is 0 Å². The summed E-state index contributed by atoms with van der Waals surface area (Å²) in [5.41, 5.74) is 8.17. The van der Waals surface area contributed by atoms with E-state index in [1.54, 1.807) is 7.11 Å². The van der Waals surface area contributed by atoms with Gasteiger partial charge in [0.15, 0.2) is 0 Å². The van der Waals surface area contributed by atoms with Gasteiger partial charge in [0.05, 0.1) is 7.11 Å². The summed E-state index contributed by atoms with van der Waals surface area (Å²) >= 11 is 6.16. The maximum absolute atomic E-state index is 6.16. The fourth-order valence-electron chi connectivity index (χ4n) is 2.51. The standard InChI is InChI=1S/C14H21ClN2O/c1-9-6-14(18-2)10(7-11(9)15)8-17-13-5-3-4-12(13)16/h6-7,12-13,17H,3-5,8,16H2,1-2H3. The van der Waals surface area contributed by atoms with E-state index in [0.29, 0.717) is 6.04 Å². The third-order valence-corrected chi connectivity index (χ3v) is 4.09. The lowest BCUT2D eigenvalue weighted by Gasteiger charge is -2.18. The molecule has 0 bridgehead atoms. The van der Waals surface area contributed by atoms with Crippen molar-refractivity contribution in [3.05, 3.63) is 28.3 Å². The molecule has 2 unspecified atom stereocenters. The van der Waals surface area contributed by atoms with Crippen LogP contribution in [0.4, 0.5) is 0 Å². The molecule has 18 heavy (non-hydrogen) atoms. The molecule has 0 radical (unpaired) electrons. The van der Waals surface area contributed by atoms with Gasteiger partial charge in [-0.3, -0.25) is 0 Å². The normalized spacial score (nSPS) is 23.3. The first-order chi connectivity index (χ1) is 8.61. The molecule has 1 aromatic rings. The van der Waals surface area contributed by atoms with E-state index in [9.17, 15) is 0 Å². The Labute approximate surface area is 114 Å². The van der Waals surface area contributed by atoms with E-state index in [-0.39, 0.29) is 6.04 Å². The van der Waals surface area contributed by atoms with Gasteiger partial charge in [-0.1, -0.05) is 18.0 Å². The maximum Gasteiger partial charge on any atom is 0.123 e. The van der Waals surface area contributed by atoms with Gasteiger partial charge in [0.2, 0.25) is 0 Å². The highest BCUT2D eigenvalue weighted by molar-refractivity contribution is 6.31. The molecule has 3 N–H and O–H groups in total. The Hall–Kier alpha value is -0.770. The fourth-order valence-corrected chi connectivity index (χ4v) is 2.69. The maximum atomic E-state index is 6.16. The summed E-state index contributed by atoms with van der Waals surface area (Å²) < 4.78 is 5.39. The highest BCUT2D eigenvalue weighted by Gasteiger charge is 2.23. The van der Waals surface area contributed by atoms with Crippen LogP contribution < -0.4 is 15.8 Å².